The summed E-state index contributed by atoms with van der Waals surface area (Å²) in [6, 6.07) is 6.02. The van der Waals surface area contributed by atoms with E-state index in [1.54, 1.807) is 7.11 Å². The summed E-state index contributed by atoms with van der Waals surface area (Å²) in [6.45, 7) is 4.25. The van der Waals surface area contributed by atoms with Crippen molar-refractivity contribution in [3.63, 3.8) is 0 Å². The molecule has 1 aliphatic rings. The number of hydrogen-bond donors (Lipinski definition) is 2. The first-order valence-corrected chi connectivity index (χ1v) is 7.93. The van der Waals surface area contributed by atoms with E-state index in [0.29, 0.717) is 12.5 Å². The Labute approximate surface area is 127 Å². The molecule has 2 atom stereocenters. The van der Waals surface area contributed by atoms with Gasteiger partial charge in [0.2, 0.25) is 0 Å². The molecule has 2 rings (SSSR count). The number of aliphatic hydroxyl groups excluding tert-OH is 1. The summed E-state index contributed by atoms with van der Waals surface area (Å²) in [5.74, 6) is 1.95. The number of rotatable bonds is 7. The maximum atomic E-state index is 9.97. The van der Waals surface area contributed by atoms with Crippen LogP contribution in [-0.2, 0) is 6.54 Å². The Morgan fingerprint density at radius 1 is 1.24 bits per heavy atom. The molecule has 1 fully saturated rings. The van der Waals surface area contributed by atoms with Gasteiger partial charge in [-0.1, -0.05) is 18.9 Å². The summed E-state index contributed by atoms with van der Waals surface area (Å²) < 4.78 is 10.9. The summed E-state index contributed by atoms with van der Waals surface area (Å²) in [6.07, 6.45) is 4.33. The third-order valence-electron chi connectivity index (χ3n) is 4.13. The van der Waals surface area contributed by atoms with Gasteiger partial charge in [-0.2, -0.15) is 0 Å². The fraction of sp³-hybridized carbons (Fsp3) is 0.647. The molecule has 1 aliphatic carbocycles. The minimum atomic E-state index is -0.138. The van der Waals surface area contributed by atoms with Gasteiger partial charge in [-0.15, -0.1) is 0 Å². The van der Waals surface area contributed by atoms with E-state index < -0.39 is 0 Å². The molecule has 2 unspecified atom stereocenters. The van der Waals surface area contributed by atoms with Crippen LogP contribution in [-0.4, -0.2) is 31.5 Å². The molecule has 21 heavy (non-hydrogen) atoms. The molecule has 0 aromatic heterocycles. The highest BCUT2D eigenvalue weighted by Gasteiger charge is 2.22. The van der Waals surface area contributed by atoms with E-state index in [9.17, 15) is 5.11 Å². The van der Waals surface area contributed by atoms with E-state index in [1.165, 1.54) is 12.0 Å². The van der Waals surface area contributed by atoms with Crippen LogP contribution in [0.15, 0.2) is 18.2 Å². The standard InChI is InChI=1S/C17H27NO3/c1-3-21-16-9-8-13(10-17(16)20-2)11-18-12-14-6-4-5-7-15(14)19/h8-10,14-15,18-19H,3-7,11-12H2,1-2H3. The average molecular weight is 293 g/mol. The summed E-state index contributed by atoms with van der Waals surface area (Å²) in [7, 11) is 1.66. The largest absolute Gasteiger partial charge is 0.493 e. The van der Waals surface area contributed by atoms with Gasteiger partial charge in [-0.25, -0.2) is 0 Å². The van der Waals surface area contributed by atoms with Crippen LogP contribution in [0.5, 0.6) is 11.5 Å². The number of nitrogens with one attached hydrogen (secondary N) is 1. The fourth-order valence-electron chi connectivity index (χ4n) is 2.92. The Hall–Kier alpha value is -1.26. The zero-order chi connectivity index (χ0) is 15.1. The van der Waals surface area contributed by atoms with Crippen molar-refractivity contribution in [1.29, 1.82) is 0 Å². The molecule has 118 valence electrons. The minimum Gasteiger partial charge on any atom is -0.493 e. The van der Waals surface area contributed by atoms with Gasteiger partial charge in [0.1, 0.15) is 0 Å². The van der Waals surface area contributed by atoms with Crippen molar-refractivity contribution < 1.29 is 14.6 Å². The van der Waals surface area contributed by atoms with E-state index >= 15 is 0 Å². The van der Waals surface area contributed by atoms with Crippen molar-refractivity contribution in [3.8, 4) is 11.5 Å². The molecule has 2 N–H and O–H groups in total. The van der Waals surface area contributed by atoms with Gasteiger partial charge >= 0.3 is 0 Å². The number of methoxy groups -OCH3 is 1. The number of hydrogen-bond acceptors (Lipinski definition) is 4. The summed E-state index contributed by atoms with van der Waals surface area (Å²) in [4.78, 5) is 0. The van der Waals surface area contributed by atoms with Crippen molar-refractivity contribution >= 4 is 0 Å². The first-order valence-electron chi connectivity index (χ1n) is 7.93. The topological polar surface area (TPSA) is 50.7 Å². The second-order valence-electron chi connectivity index (χ2n) is 5.66. The third kappa shape index (κ3) is 4.61. The van der Waals surface area contributed by atoms with Crippen LogP contribution >= 0.6 is 0 Å². The van der Waals surface area contributed by atoms with Crippen LogP contribution < -0.4 is 14.8 Å². The van der Waals surface area contributed by atoms with Crippen LogP contribution in [0.4, 0.5) is 0 Å². The molecule has 0 amide bonds. The lowest BCUT2D eigenvalue weighted by Crippen LogP contribution is -2.33. The van der Waals surface area contributed by atoms with E-state index in [1.807, 2.05) is 19.1 Å². The van der Waals surface area contributed by atoms with Gasteiger partial charge in [0.05, 0.1) is 19.8 Å². The van der Waals surface area contributed by atoms with Crippen LogP contribution in [0.25, 0.3) is 0 Å². The Morgan fingerprint density at radius 3 is 2.76 bits per heavy atom. The first-order chi connectivity index (χ1) is 10.2. The number of benzene rings is 1. The molecule has 1 aromatic rings. The fourth-order valence-corrected chi connectivity index (χ4v) is 2.92. The van der Waals surface area contributed by atoms with Gasteiger partial charge in [0.25, 0.3) is 0 Å². The van der Waals surface area contributed by atoms with Crippen molar-refractivity contribution in [1.82, 2.24) is 5.32 Å². The predicted octanol–water partition coefficient (Wildman–Crippen LogP) is 2.73. The molecule has 4 nitrogen and oxygen atoms in total. The van der Waals surface area contributed by atoms with E-state index in [0.717, 1.165) is 43.9 Å². The Bertz CT molecular complexity index is 436. The van der Waals surface area contributed by atoms with Gasteiger partial charge in [0, 0.05) is 13.1 Å². The highest BCUT2D eigenvalue weighted by atomic mass is 16.5. The predicted molar refractivity (Wildman–Crippen MR) is 83.8 cm³/mol. The lowest BCUT2D eigenvalue weighted by atomic mass is 9.86. The normalized spacial score (nSPS) is 22.0. The third-order valence-corrected chi connectivity index (χ3v) is 4.13. The van der Waals surface area contributed by atoms with Gasteiger partial charge in [-0.05, 0) is 43.4 Å². The summed E-state index contributed by atoms with van der Waals surface area (Å²) >= 11 is 0. The van der Waals surface area contributed by atoms with Gasteiger partial charge in [-0.3, -0.25) is 0 Å². The molecule has 0 aliphatic heterocycles. The highest BCUT2D eigenvalue weighted by molar-refractivity contribution is 5.42. The first kappa shape index (κ1) is 16.1. The smallest absolute Gasteiger partial charge is 0.161 e. The summed E-state index contributed by atoms with van der Waals surface area (Å²) in [5.41, 5.74) is 1.17. The Balaban J connectivity index is 1.85. The second-order valence-corrected chi connectivity index (χ2v) is 5.66. The van der Waals surface area contributed by atoms with E-state index in [-0.39, 0.29) is 6.10 Å². The molecule has 0 saturated heterocycles. The molecule has 0 bridgehead atoms. The molecule has 1 saturated carbocycles. The zero-order valence-corrected chi connectivity index (χ0v) is 13.1. The molecule has 1 aromatic carbocycles. The maximum Gasteiger partial charge on any atom is 0.161 e. The zero-order valence-electron chi connectivity index (χ0n) is 13.1. The molecule has 0 radical (unpaired) electrons. The van der Waals surface area contributed by atoms with E-state index in [4.69, 9.17) is 9.47 Å². The number of ether oxygens (including phenoxy) is 2. The average Bonchev–Trinajstić information content (AvgIpc) is 2.51. The molecule has 4 heteroatoms. The quantitative estimate of drug-likeness (QED) is 0.811. The molecule has 0 heterocycles. The van der Waals surface area contributed by atoms with Crippen LogP contribution in [0.1, 0.15) is 38.2 Å². The molecular weight excluding hydrogens is 266 g/mol. The van der Waals surface area contributed by atoms with Crippen LogP contribution in [0, 0.1) is 5.92 Å². The SMILES string of the molecule is CCOc1ccc(CNCC2CCCCC2O)cc1OC. The Kier molecular flexibility index (Phi) is 6.33. The van der Waals surface area contributed by atoms with Crippen molar-refractivity contribution in [3.05, 3.63) is 23.8 Å². The van der Waals surface area contributed by atoms with Crippen molar-refractivity contribution in [2.24, 2.45) is 5.92 Å². The van der Waals surface area contributed by atoms with Crippen LogP contribution in [0.3, 0.4) is 0 Å². The van der Waals surface area contributed by atoms with Crippen molar-refractivity contribution in [2.45, 2.75) is 45.3 Å². The summed E-state index contributed by atoms with van der Waals surface area (Å²) in [5, 5.41) is 13.4. The van der Waals surface area contributed by atoms with Crippen LogP contribution in [0.2, 0.25) is 0 Å². The number of aliphatic hydroxyl groups is 1. The minimum absolute atomic E-state index is 0.138. The van der Waals surface area contributed by atoms with Gasteiger partial charge in [0.15, 0.2) is 11.5 Å². The van der Waals surface area contributed by atoms with Gasteiger partial charge < -0.3 is 19.9 Å². The molecular formula is C17H27NO3. The maximum absolute atomic E-state index is 9.97. The molecule has 0 spiro atoms. The lowest BCUT2D eigenvalue weighted by Gasteiger charge is -2.27. The second kappa shape index (κ2) is 8.25. The Morgan fingerprint density at radius 2 is 2.05 bits per heavy atom. The van der Waals surface area contributed by atoms with Crippen molar-refractivity contribution in [2.75, 3.05) is 20.3 Å². The monoisotopic (exact) mass is 293 g/mol. The van der Waals surface area contributed by atoms with E-state index in [2.05, 4.69) is 11.4 Å². The lowest BCUT2D eigenvalue weighted by molar-refractivity contribution is 0.0695. The highest BCUT2D eigenvalue weighted by Crippen LogP contribution is 2.28.